The maximum absolute atomic E-state index is 14.6. The van der Waals surface area contributed by atoms with Crippen molar-refractivity contribution >= 4 is 40.7 Å². The molecular weight excluding hydrogens is 714 g/mol. The van der Waals surface area contributed by atoms with Gasteiger partial charge in [0.1, 0.15) is 23.4 Å². The van der Waals surface area contributed by atoms with Crippen LogP contribution in [0.4, 0.5) is 4.79 Å². The van der Waals surface area contributed by atoms with Gasteiger partial charge in [-0.3, -0.25) is 19.2 Å². The number of phenols is 1. The van der Waals surface area contributed by atoms with E-state index in [1.54, 1.807) is 40.0 Å². The number of hydrogen-bond donors (Lipinski definition) is 5. The first-order chi connectivity index (χ1) is 26.5. The lowest BCUT2D eigenvalue weighted by Crippen LogP contribution is -2.56. The Morgan fingerprint density at radius 1 is 0.982 bits per heavy atom. The smallest absolute Gasteiger partial charge is 0.407 e. The van der Waals surface area contributed by atoms with Crippen molar-refractivity contribution in [1.82, 2.24) is 25.8 Å². The Morgan fingerprint density at radius 3 is 2.41 bits per heavy atom. The Kier molecular flexibility index (Phi) is 15.5. The zero-order chi connectivity index (χ0) is 41.0. The van der Waals surface area contributed by atoms with Gasteiger partial charge in [0.15, 0.2) is 0 Å². The molecule has 13 nitrogen and oxygen atoms in total. The van der Waals surface area contributed by atoms with E-state index in [0.717, 1.165) is 22.0 Å². The van der Waals surface area contributed by atoms with Gasteiger partial charge < -0.3 is 40.4 Å². The quantitative estimate of drug-likeness (QED) is 0.0996. The lowest BCUT2D eigenvalue weighted by Gasteiger charge is -2.32. The molecule has 4 rings (SSSR count). The van der Waals surface area contributed by atoms with Crippen molar-refractivity contribution in [3.05, 3.63) is 77.5 Å². The fourth-order valence-corrected chi connectivity index (χ4v) is 6.81. The van der Waals surface area contributed by atoms with Crippen LogP contribution in [0.1, 0.15) is 104 Å². The monoisotopic (exact) mass is 773 g/mol. The molecule has 0 unspecified atom stereocenters. The number of benzene rings is 2. The summed E-state index contributed by atoms with van der Waals surface area (Å²) < 4.78 is 11.1. The second-order valence-electron chi connectivity index (χ2n) is 15.9. The van der Waals surface area contributed by atoms with Crippen LogP contribution in [0.5, 0.6) is 5.75 Å². The molecule has 5 N–H and O–H groups in total. The molecule has 0 saturated heterocycles. The fraction of sp³-hybridized carbons (Fsp3) is 0.512. The van der Waals surface area contributed by atoms with Crippen molar-refractivity contribution in [3.63, 3.8) is 0 Å². The van der Waals surface area contributed by atoms with Gasteiger partial charge >= 0.3 is 12.1 Å². The molecular formula is C43H59N5O8. The summed E-state index contributed by atoms with van der Waals surface area (Å²) in [4.78, 5) is 73.0. The predicted molar refractivity (Wildman–Crippen MR) is 215 cm³/mol. The number of H-pyrrole nitrogens is 1. The SMILES string of the molecule is C/C1=C\CC[C@H](C)OC(=O)C[C@H](c2ccc(O)cc2)NC(=O)[C@@H](Cc2c[nH]c3ccccc23)N(C)C(=O)[C@H](CCCCNC(=O)OC(C)(C)C)NC(=O)[C@@H](C)C1. The minimum Gasteiger partial charge on any atom is -0.508 e. The molecule has 3 aromatic rings. The summed E-state index contributed by atoms with van der Waals surface area (Å²) in [5.41, 5.74) is 2.61. The number of cyclic esters (lactones) is 1. The highest BCUT2D eigenvalue weighted by Crippen LogP contribution is 2.25. The molecule has 4 amide bonds. The molecule has 1 aromatic heterocycles. The van der Waals surface area contributed by atoms with Crippen LogP contribution in [-0.2, 0) is 35.1 Å². The van der Waals surface area contributed by atoms with Gasteiger partial charge in [-0.15, -0.1) is 0 Å². The van der Waals surface area contributed by atoms with Crippen molar-refractivity contribution in [2.75, 3.05) is 13.6 Å². The highest BCUT2D eigenvalue weighted by atomic mass is 16.6. The Labute approximate surface area is 330 Å². The largest absolute Gasteiger partial charge is 0.508 e. The number of aromatic hydroxyl groups is 1. The third-order valence-electron chi connectivity index (χ3n) is 9.87. The molecule has 0 spiro atoms. The van der Waals surface area contributed by atoms with E-state index < -0.39 is 59.6 Å². The number of ether oxygens (including phenoxy) is 2. The standard InChI is InChI=1S/C43H59N5O8/c1-27-13-12-14-29(3)55-38(50)25-36(30-18-20-32(49)21-19-30)47-40(52)37(24-31-26-45-34-16-9-8-15-33(31)34)48(7)41(53)35(46-39(51)28(2)23-27)17-10-11-22-44-42(54)56-43(4,5)6/h8-9,13,15-16,18-21,26,28-29,35-37,45,49H,10-12,14,17,22-25H2,1-7H3,(H,44,54)(H,46,51)(H,47,52)/b27-13+/t28-,29-,35-,36+,37+/m0/s1. The highest BCUT2D eigenvalue weighted by molar-refractivity contribution is 5.93. The van der Waals surface area contributed by atoms with Crippen LogP contribution >= 0.6 is 0 Å². The number of amides is 4. The van der Waals surface area contributed by atoms with Crippen molar-refractivity contribution in [1.29, 1.82) is 0 Å². The van der Waals surface area contributed by atoms with Crippen LogP contribution in [0, 0.1) is 5.92 Å². The molecule has 13 heteroatoms. The van der Waals surface area contributed by atoms with Crippen LogP contribution in [0.15, 0.2) is 66.4 Å². The molecule has 0 radical (unpaired) electrons. The van der Waals surface area contributed by atoms with Crippen molar-refractivity contribution in [2.45, 2.75) is 123 Å². The van der Waals surface area contributed by atoms with E-state index in [4.69, 9.17) is 9.47 Å². The van der Waals surface area contributed by atoms with E-state index >= 15 is 0 Å². The highest BCUT2D eigenvalue weighted by Gasteiger charge is 2.35. The van der Waals surface area contributed by atoms with Gasteiger partial charge in [0.05, 0.1) is 18.6 Å². The van der Waals surface area contributed by atoms with Gasteiger partial charge in [-0.1, -0.05) is 48.9 Å². The maximum atomic E-state index is 14.6. The number of aromatic amines is 1. The number of allylic oxidation sites excluding steroid dienone is 2. The number of alkyl carbamates (subject to hydrolysis) is 1. The van der Waals surface area contributed by atoms with E-state index in [9.17, 15) is 29.1 Å². The molecule has 5 atom stereocenters. The predicted octanol–water partition coefficient (Wildman–Crippen LogP) is 6.37. The van der Waals surface area contributed by atoms with Crippen molar-refractivity contribution in [2.24, 2.45) is 5.92 Å². The average molecular weight is 774 g/mol. The van der Waals surface area contributed by atoms with Crippen LogP contribution in [0.3, 0.4) is 0 Å². The lowest BCUT2D eigenvalue weighted by atomic mass is 9.98. The van der Waals surface area contributed by atoms with Crippen LogP contribution < -0.4 is 16.0 Å². The number of hydrogen-bond acceptors (Lipinski definition) is 8. The number of carbonyl (C=O) groups excluding carboxylic acids is 5. The maximum Gasteiger partial charge on any atom is 0.407 e. The Morgan fingerprint density at radius 2 is 1.70 bits per heavy atom. The third-order valence-corrected chi connectivity index (χ3v) is 9.87. The summed E-state index contributed by atoms with van der Waals surface area (Å²) in [5, 5.41) is 19.6. The van der Waals surface area contributed by atoms with Crippen LogP contribution in [-0.4, -0.2) is 82.2 Å². The first-order valence-corrected chi connectivity index (χ1v) is 19.5. The normalized spacial score (nSPS) is 23.4. The molecule has 2 aromatic carbocycles. The number of nitrogens with one attached hydrogen (secondary N) is 4. The summed E-state index contributed by atoms with van der Waals surface area (Å²) in [6, 6.07) is 11.0. The zero-order valence-corrected chi connectivity index (χ0v) is 33.8. The van der Waals surface area contributed by atoms with E-state index in [0.29, 0.717) is 44.2 Å². The molecule has 1 aliphatic rings. The third kappa shape index (κ3) is 13.2. The van der Waals surface area contributed by atoms with Crippen LogP contribution in [0.2, 0.25) is 0 Å². The molecule has 0 bridgehead atoms. The number of nitrogens with zero attached hydrogens (tertiary/aromatic N) is 1. The molecule has 1 aliphatic heterocycles. The number of aromatic nitrogens is 1. The van der Waals surface area contributed by atoms with E-state index in [1.165, 1.54) is 17.0 Å². The van der Waals surface area contributed by atoms with Gasteiger partial charge in [0.25, 0.3) is 0 Å². The number of unbranched alkanes of at least 4 members (excludes halogenated alkanes) is 1. The summed E-state index contributed by atoms with van der Waals surface area (Å²) >= 11 is 0. The Bertz CT molecular complexity index is 1850. The van der Waals surface area contributed by atoms with Gasteiger partial charge in [-0.2, -0.15) is 0 Å². The molecule has 0 fully saturated rings. The van der Waals surface area contributed by atoms with Gasteiger partial charge in [-0.25, -0.2) is 4.79 Å². The topological polar surface area (TPSA) is 179 Å². The first-order valence-electron chi connectivity index (χ1n) is 19.5. The number of phenolic OH excluding ortho intramolecular Hbond substituents is 1. The molecule has 304 valence electrons. The molecule has 56 heavy (non-hydrogen) atoms. The van der Waals surface area contributed by atoms with Crippen molar-refractivity contribution < 1.29 is 38.6 Å². The number of fused-ring (bicyclic) bond motifs is 1. The summed E-state index contributed by atoms with van der Waals surface area (Å²) in [7, 11) is 1.55. The number of rotatable bonds is 8. The van der Waals surface area contributed by atoms with E-state index in [-0.39, 0.29) is 30.9 Å². The van der Waals surface area contributed by atoms with Crippen molar-refractivity contribution in [3.8, 4) is 5.75 Å². The Balaban J connectivity index is 1.68. The van der Waals surface area contributed by atoms with Crippen LogP contribution in [0.25, 0.3) is 10.9 Å². The number of carbonyl (C=O) groups is 5. The van der Waals surface area contributed by atoms with Gasteiger partial charge in [0.2, 0.25) is 17.7 Å². The Hall–Kier alpha value is -5.33. The minimum atomic E-state index is -1.06. The molecule has 2 heterocycles. The van der Waals surface area contributed by atoms with E-state index in [2.05, 4.69) is 20.9 Å². The average Bonchev–Trinajstić information content (AvgIpc) is 3.54. The fourth-order valence-electron chi connectivity index (χ4n) is 6.81. The van der Waals surface area contributed by atoms with Gasteiger partial charge in [-0.05, 0) is 102 Å². The first kappa shape index (κ1) is 43.4. The molecule has 0 saturated carbocycles. The number of likely N-dealkylation sites (N-methyl/N-ethyl adjacent to an activating group) is 1. The lowest BCUT2D eigenvalue weighted by molar-refractivity contribution is -0.149. The second-order valence-corrected chi connectivity index (χ2v) is 15.9. The number of para-hydroxylation sites is 1. The van der Waals surface area contributed by atoms with Gasteiger partial charge in [0, 0.05) is 43.0 Å². The summed E-state index contributed by atoms with van der Waals surface area (Å²) in [6.45, 7) is 11.2. The second kappa shape index (κ2) is 20.0. The minimum absolute atomic E-state index is 0.0290. The molecule has 0 aliphatic carbocycles. The van der Waals surface area contributed by atoms with E-state index in [1.807, 2.05) is 57.3 Å². The number of esters is 1. The summed E-state index contributed by atoms with van der Waals surface area (Å²) in [5.74, 6) is -2.18. The zero-order valence-electron chi connectivity index (χ0n) is 33.8. The summed E-state index contributed by atoms with van der Waals surface area (Å²) in [6.07, 6.45) is 5.78.